The van der Waals surface area contributed by atoms with Gasteiger partial charge in [0.1, 0.15) is 5.75 Å². The van der Waals surface area contributed by atoms with Crippen molar-refractivity contribution in [1.29, 1.82) is 0 Å². The third kappa shape index (κ3) is 5.05. The zero-order chi connectivity index (χ0) is 19.4. The van der Waals surface area contributed by atoms with Crippen LogP contribution in [0.5, 0.6) is 5.75 Å². The van der Waals surface area contributed by atoms with Crippen molar-refractivity contribution in [2.45, 2.75) is 24.0 Å². The first-order valence-electron chi connectivity index (χ1n) is 7.77. The molecule has 0 saturated heterocycles. The Bertz CT molecular complexity index is 917. The summed E-state index contributed by atoms with van der Waals surface area (Å²) in [4.78, 5) is 12.5. The molecule has 0 N–H and O–H groups in total. The van der Waals surface area contributed by atoms with E-state index in [1.165, 1.54) is 24.3 Å². The maximum Gasteiger partial charge on any atom is 0.387 e. The minimum atomic E-state index is -2.91. The van der Waals surface area contributed by atoms with Crippen molar-refractivity contribution in [3.05, 3.63) is 59.1 Å². The molecule has 0 aliphatic rings. The highest BCUT2D eigenvalue weighted by Crippen LogP contribution is 2.28. The minimum Gasteiger partial charge on any atom is -0.435 e. The summed E-state index contributed by atoms with van der Waals surface area (Å²) in [6, 6.07) is 12.4. The van der Waals surface area contributed by atoms with Crippen LogP contribution in [0.4, 0.5) is 8.78 Å². The molecule has 0 fully saturated rings. The topological polar surface area (TPSA) is 65.2 Å². The number of ether oxygens (including phenoxy) is 1. The number of ketones is 1. The summed E-state index contributed by atoms with van der Waals surface area (Å²) in [6.45, 7) is -1.21. The van der Waals surface area contributed by atoms with E-state index in [0.717, 1.165) is 11.8 Å². The molecule has 0 saturated carbocycles. The second kappa shape index (κ2) is 8.49. The van der Waals surface area contributed by atoms with Gasteiger partial charge in [-0.2, -0.15) is 8.78 Å². The zero-order valence-corrected chi connectivity index (χ0v) is 15.5. The predicted molar refractivity (Wildman–Crippen MR) is 97.5 cm³/mol. The number of nitrogens with zero attached hydrogens (tertiary/aromatic N) is 2. The van der Waals surface area contributed by atoms with Crippen LogP contribution in [0.1, 0.15) is 17.3 Å². The molecule has 27 heavy (non-hydrogen) atoms. The Kier molecular flexibility index (Phi) is 6.08. The van der Waals surface area contributed by atoms with Gasteiger partial charge >= 0.3 is 6.61 Å². The fourth-order valence-electron chi connectivity index (χ4n) is 2.21. The minimum absolute atomic E-state index is 0.00800. The number of thioether (sulfide) groups is 1. The Balaban J connectivity index is 1.65. The number of halogens is 3. The van der Waals surface area contributed by atoms with Gasteiger partial charge in [0.2, 0.25) is 5.89 Å². The van der Waals surface area contributed by atoms with E-state index in [9.17, 15) is 13.6 Å². The number of aromatic nitrogens is 2. The van der Waals surface area contributed by atoms with Gasteiger partial charge in [-0.05, 0) is 55.5 Å². The van der Waals surface area contributed by atoms with Crippen molar-refractivity contribution in [1.82, 2.24) is 10.2 Å². The fourth-order valence-corrected chi connectivity index (χ4v) is 3.09. The van der Waals surface area contributed by atoms with E-state index in [-0.39, 0.29) is 16.8 Å². The highest BCUT2D eigenvalue weighted by atomic mass is 35.5. The Morgan fingerprint density at radius 3 is 2.41 bits per heavy atom. The summed E-state index contributed by atoms with van der Waals surface area (Å²) in [5.74, 6) is 0.114. The molecular formula is C18H13ClF2N2O3S. The molecule has 0 radical (unpaired) electrons. The molecule has 140 valence electrons. The van der Waals surface area contributed by atoms with Crippen LogP contribution >= 0.6 is 23.4 Å². The monoisotopic (exact) mass is 410 g/mol. The van der Waals surface area contributed by atoms with Crippen LogP contribution in [0.2, 0.25) is 5.02 Å². The smallest absolute Gasteiger partial charge is 0.387 e. The highest BCUT2D eigenvalue weighted by Gasteiger charge is 2.20. The standard InChI is InChI=1S/C18H13ClF2N2O3S/c1-10(15(24)11-4-8-14(9-5-11)25-17(20)21)27-18-23-22-16(26-18)12-2-6-13(19)7-3-12/h2-10,17H,1H3/t10-/m1/s1. The van der Waals surface area contributed by atoms with Crippen LogP contribution in [0.15, 0.2) is 58.2 Å². The van der Waals surface area contributed by atoms with E-state index in [1.807, 2.05) is 0 Å². The maximum atomic E-state index is 12.5. The first-order valence-corrected chi connectivity index (χ1v) is 9.03. The maximum absolute atomic E-state index is 12.5. The molecule has 9 heteroatoms. The number of hydrogen-bond acceptors (Lipinski definition) is 6. The fraction of sp³-hybridized carbons (Fsp3) is 0.167. The Hall–Kier alpha value is -2.45. The second-order valence-electron chi connectivity index (χ2n) is 5.41. The zero-order valence-electron chi connectivity index (χ0n) is 13.9. The third-order valence-corrected chi connectivity index (χ3v) is 4.69. The summed E-state index contributed by atoms with van der Waals surface area (Å²) in [6.07, 6.45) is 0. The number of hydrogen-bond donors (Lipinski definition) is 0. The van der Waals surface area contributed by atoms with Gasteiger partial charge in [0.15, 0.2) is 5.78 Å². The van der Waals surface area contributed by atoms with E-state index in [1.54, 1.807) is 31.2 Å². The Morgan fingerprint density at radius 2 is 1.78 bits per heavy atom. The van der Waals surface area contributed by atoms with Crippen LogP contribution in [0.25, 0.3) is 11.5 Å². The third-order valence-electron chi connectivity index (χ3n) is 3.51. The van der Waals surface area contributed by atoms with Gasteiger partial charge in [0, 0.05) is 16.1 Å². The molecule has 0 bridgehead atoms. The van der Waals surface area contributed by atoms with E-state index in [4.69, 9.17) is 16.0 Å². The molecule has 0 amide bonds. The van der Waals surface area contributed by atoms with E-state index >= 15 is 0 Å². The molecule has 0 aliphatic carbocycles. The molecular weight excluding hydrogens is 398 g/mol. The van der Waals surface area contributed by atoms with Gasteiger partial charge in [-0.1, -0.05) is 23.4 Å². The number of rotatable bonds is 7. The largest absolute Gasteiger partial charge is 0.435 e. The van der Waals surface area contributed by atoms with Crippen LogP contribution in [-0.2, 0) is 0 Å². The van der Waals surface area contributed by atoms with Crippen LogP contribution < -0.4 is 4.74 Å². The lowest BCUT2D eigenvalue weighted by atomic mass is 10.1. The summed E-state index contributed by atoms with van der Waals surface area (Å²) >= 11 is 6.96. The summed E-state index contributed by atoms with van der Waals surface area (Å²) in [5.41, 5.74) is 1.08. The van der Waals surface area contributed by atoms with Gasteiger partial charge < -0.3 is 9.15 Å². The quantitative estimate of drug-likeness (QED) is 0.386. The van der Waals surface area contributed by atoms with Crippen molar-refractivity contribution >= 4 is 29.1 Å². The second-order valence-corrected chi connectivity index (χ2v) is 7.14. The number of carbonyl (C=O) groups is 1. The van der Waals surface area contributed by atoms with Gasteiger partial charge in [0.25, 0.3) is 5.22 Å². The number of carbonyl (C=O) groups excluding carboxylic acids is 1. The van der Waals surface area contributed by atoms with Crippen molar-refractivity contribution in [2.24, 2.45) is 0 Å². The van der Waals surface area contributed by atoms with Crippen LogP contribution in [-0.4, -0.2) is 27.8 Å². The Labute approximate surface area is 162 Å². The van der Waals surface area contributed by atoms with Crippen LogP contribution in [0, 0.1) is 0 Å². The first-order chi connectivity index (χ1) is 12.9. The van der Waals surface area contributed by atoms with Crippen LogP contribution in [0.3, 0.4) is 0 Å². The van der Waals surface area contributed by atoms with Gasteiger partial charge in [-0.15, -0.1) is 10.2 Å². The predicted octanol–water partition coefficient (Wildman–Crippen LogP) is 5.35. The lowest BCUT2D eigenvalue weighted by molar-refractivity contribution is -0.0498. The van der Waals surface area contributed by atoms with E-state index in [0.29, 0.717) is 22.0 Å². The molecule has 3 rings (SSSR count). The van der Waals surface area contributed by atoms with Crippen molar-refractivity contribution in [3.63, 3.8) is 0 Å². The lowest BCUT2D eigenvalue weighted by Crippen LogP contribution is -2.13. The Morgan fingerprint density at radius 1 is 1.11 bits per heavy atom. The lowest BCUT2D eigenvalue weighted by Gasteiger charge is -2.09. The van der Waals surface area contributed by atoms with Gasteiger partial charge in [0.05, 0.1) is 5.25 Å². The van der Waals surface area contributed by atoms with Crippen molar-refractivity contribution < 1.29 is 22.7 Å². The number of alkyl halides is 2. The average molecular weight is 411 g/mol. The van der Waals surface area contributed by atoms with Gasteiger partial charge in [-0.3, -0.25) is 4.79 Å². The van der Waals surface area contributed by atoms with Crippen molar-refractivity contribution in [3.8, 4) is 17.2 Å². The molecule has 3 aromatic rings. The molecule has 1 aromatic heterocycles. The molecule has 2 aromatic carbocycles. The number of Topliss-reactive ketones (excluding diaryl/α,β-unsaturated/α-hetero) is 1. The molecule has 0 aliphatic heterocycles. The number of benzene rings is 2. The highest BCUT2D eigenvalue weighted by molar-refractivity contribution is 8.00. The van der Waals surface area contributed by atoms with Gasteiger partial charge in [-0.25, -0.2) is 0 Å². The normalized spacial score (nSPS) is 12.2. The molecule has 0 spiro atoms. The summed E-state index contributed by atoms with van der Waals surface area (Å²) < 4.78 is 34.2. The van der Waals surface area contributed by atoms with E-state index < -0.39 is 11.9 Å². The summed E-state index contributed by atoms with van der Waals surface area (Å²) in [7, 11) is 0. The van der Waals surface area contributed by atoms with Crippen molar-refractivity contribution in [2.75, 3.05) is 0 Å². The average Bonchev–Trinajstić information content (AvgIpc) is 3.10. The SMILES string of the molecule is C[C@@H](Sc1nnc(-c2ccc(Cl)cc2)o1)C(=O)c1ccc(OC(F)F)cc1. The first kappa shape index (κ1) is 19.3. The molecule has 1 atom stereocenters. The molecule has 0 unspecified atom stereocenters. The van der Waals surface area contributed by atoms with E-state index in [2.05, 4.69) is 14.9 Å². The molecule has 1 heterocycles. The molecule has 5 nitrogen and oxygen atoms in total. The summed E-state index contributed by atoms with van der Waals surface area (Å²) in [5, 5.41) is 8.23.